The third-order valence-corrected chi connectivity index (χ3v) is 13.4. The van der Waals surface area contributed by atoms with E-state index in [0.29, 0.717) is 12.1 Å². The van der Waals surface area contributed by atoms with Crippen LogP contribution in [0.5, 0.6) is 0 Å². The smallest absolute Gasteiger partial charge is 0.0966 e. The fourth-order valence-electron chi connectivity index (χ4n) is 5.55. The Balaban J connectivity index is 0.000000173. The standard InChI is InChI=1S/2C17H19NP.2ClH.Ru/c2*1-3-9-16(10-4-1)19(14-15-8-7-13-18-15)17-11-5-2-6-12-17;;;/h2*1-6,9-12,15H,7-8,13-14H2;2*1H;/q2*-1;;;+4. The Morgan fingerprint density at radius 2 is 0.780 bits per heavy atom. The van der Waals surface area contributed by atoms with Crippen LogP contribution in [0.3, 0.4) is 0 Å². The van der Waals surface area contributed by atoms with E-state index in [1.54, 1.807) is 0 Å². The summed E-state index contributed by atoms with van der Waals surface area (Å²) < 4.78 is 0. The molecule has 0 N–H and O–H groups in total. The van der Waals surface area contributed by atoms with E-state index in [1.165, 1.54) is 59.2 Å². The first kappa shape index (κ1) is 32.8. The van der Waals surface area contributed by atoms with Gasteiger partial charge in [0.2, 0.25) is 0 Å². The van der Waals surface area contributed by atoms with E-state index < -0.39 is 15.8 Å². The van der Waals surface area contributed by atoms with Crippen LogP contribution in [0.1, 0.15) is 25.7 Å². The Morgan fingerprint density at radius 1 is 0.512 bits per heavy atom. The number of hydrogen-bond acceptors (Lipinski definition) is 0. The molecule has 2 heterocycles. The maximum Gasteiger partial charge on any atom is 0.0966 e. The van der Waals surface area contributed by atoms with E-state index in [9.17, 15) is 0 Å². The van der Waals surface area contributed by atoms with Gasteiger partial charge in [0, 0.05) is 0 Å². The topological polar surface area (TPSA) is 28.2 Å². The van der Waals surface area contributed by atoms with Gasteiger partial charge in [0.1, 0.15) is 0 Å². The van der Waals surface area contributed by atoms with Gasteiger partial charge in [0.25, 0.3) is 0 Å². The Morgan fingerprint density at radius 3 is 1.00 bits per heavy atom. The molecular weight excluding hydrogens is 670 g/mol. The van der Waals surface area contributed by atoms with Gasteiger partial charge in [-0.2, -0.15) is 0 Å². The summed E-state index contributed by atoms with van der Waals surface area (Å²) in [5.74, 6) is 0. The SMILES string of the molecule is [Cl][Ru+2][Cl].c1ccc([PH+](CC2CCC[N-]2)c2ccccc2)cc1.c1ccc([PH+](CC2CCC[N-]2)c2ccccc2)cc1. The predicted octanol–water partition coefficient (Wildman–Crippen LogP) is 8.15. The van der Waals surface area contributed by atoms with Gasteiger partial charge in [-0.05, 0) is 48.5 Å². The normalized spacial score (nSPS) is 18.0. The summed E-state index contributed by atoms with van der Waals surface area (Å²) in [6.07, 6.45) is 7.63. The fraction of sp³-hybridized carbons (Fsp3) is 0.294. The quantitative estimate of drug-likeness (QED) is 0.131. The molecule has 0 aliphatic carbocycles. The van der Waals surface area contributed by atoms with Crippen molar-refractivity contribution in [3.05, 3.63) is 132 Å². The van der Waals surface area contributed by atoms with Gasteiger partial charge in [0.15, 0.2) is 0 Å². The summed E-state index contributed by atoms with van der Waals surface area (Å²) in [5, 5.41) is 15.6. The molecule has 0 aromatic heterocycles. The first-order valence-electron chi connectivity index (χ1n) is 14.4. The fourth-order valence-corrected chi connectivity index (χ4v) is 11.1. The second kappa shape index (κ2) is 19.2. The van der Waals surface area contributed by atoms with Crippen molar-refractivity contribution in [2.45, 2.75) is 37.8 Å². The monoisotopic (exact) mass is 710 g/mol. The van der Waals surface area contributed by atoms with Gasteiger partial charge in [0.05, 0.1) is 49.4 Å². The first-order valence-corrected chi connectivity index (χ1v) is 22.3. The van der Waals surface area contributed by atoms with E-state index in [0.717, 1.165) is 13.1 Å². The average molecular weight is 711 g/mol. The van der Waals surface area contributed by atoms with Crippen LogP contribution in [0.4, 0.5) is 0 Å². The summed E-state index contributed by atoms with van der Waals surface area (Å²) in [4.78, 5) is 0. The van der Waals surface area contributed by atoms with E-state index in [1.807, 2.05) is 0 Å². The number of hydrogen-bond donors (Lipinski definition) is 0. The van der Waals surface area contributed by atoms with Gasteiger partial charge in [-0.25, -0.2) is 0 Å². The minimum absolute atomic E-state index is 0.346. The maximum absolute atomic E-state index is 4.85. The van der Waals surface area contributed by atoms with Crippen molar-refractivity contribution in [1.82, 2.24) is 0 Å². The molecule has 0 amide bonds. The zero-order valence-corrected chi connectivity index (χ0v) is 28.6. The number of nitrogens with zero attached hydrogens (tertiary/aromatic N) is 2. The number of rotatable bonds is 8. The summed E-state index contributed by atoms with van der Waals surface area (Å²) in [6, 6.07) is 45.2. The third-order valence-electron chi connectivity index (χ3n) is 7.53. The molecule has 2 saturated heterocycles. The van der Waals surface area contributed by atoms with E-state index in [2.05, 4.69) is 121 Å². The zero-order valence-electron chi connectivity index (χ0n) is 23.4. The minimum Gasteiger partial charge on any atom is -0.657 e. The second-order valence-electron chi connectivity index (χ2n) is 10.3. The van der Waals surface area contributed by atoms with Crippen LogP contribution in [0.15, 0.2) is 121 Å². The van der Waals surface area contributed by atoms with Crippen LogP contribution in [-0.4, -0.2) is 37.5 Å². The molecule has 2 aliphatic rings. The molecular formula is C34H40Cl2N2P2Ru+2. The molecule has 2 atom stereocenters. The molecule has 2 unspecified atom stereocenters. The van der Waals surface area contributed by atoms with Crippen LogP contribution in [-0.2, 0) is 15.1 Å². The number of benzene rings is 4. The molecule has 0 radical (unpaired) electrons. The van der Waals surface area contributed by atoms with Gasteiger partial charge >= 0.3 is 34.5 Å². The molecule has 2 aliphatic heterocycles. The Bertz CT molecular complexity index is 1030. The van der Waals surface area contributed by atoms with E-state index in [-0.39, 0.29) is 15.1 Å². The molecule has 6 rings (SSSR count). The molecule has 0 bridgehead atoms. The van der Waals surface area contributed by atoms with Gasteiger partial charge in [-0.3, -0.25) is 0 Å². The van der Waals surface area contributed by atoms with E-state index >= 15 is 0 Å². The van der Waals surface area contributed by atoms with Crippen molar-refractivity contribution < 1.29 is 15.1 Å². The first-order chi connectivity index (χ1) is 20.3. The molecule has 0 saturated carbocycles. The largest absolute Gasteiger partial charge is 0.657 e. The Kier molecular flexibility index (Phi) is 15.3. The van der Waals surface area contributed by atoms with Crippen molar-refractivity contribution in [3.63, 3.8) is 0 Å². The molecule has 2 nitrogen and oxygen atoms in total. The average Bonchev–Trinajstić information content (AvgIpc) is 3.76. The molecule has 4 aromatic rings. The van der Waals surface area contributed by atoms with Crippen LogP contribution in [0.25, 0.3) is 10.6 Å². The molecule has 2 fully saturated rings. The minimum atomic E-state index is -0.676. The van der Waals surface area contributed by atoms with Crippen LogP contribution >= 0.6 is 35.2 Å². The van der Waals surface area contributed by atoms with Crippen molar-refractivity contribution >= 4 is 56.4 Å². The molecule has 0 spiro atoms. The van der Waals surface area contributed by atoms with Crippen LogP contribution in [0.2, 0.25) is 0 Å². The van der Waals surface area contributed by atoms with Crippen LogP contribution in [0, 0.1) is 0 Å². The predicted molar refractivity (Wildman–Crippen MR) is 185 cm³/mol. The molecule has 41 heavy (non-hydrogen) atoms. The van der Waals surface area contributed by atoms with Gasteiger partial charge < -0.3 is 10.6 Å². The number of halogens is 2. The van der Waals surface area contributed by atoms with Crippen molar-refractivity contribution in [1.29, 1.82) is 0 Å². The Labute approximate surface area is 265 Å². The van der Waals surface area contributed by atoms with Crippen LogP contribution < -0.4 is 21.2 Å². The summed E-state index contributed by atoms with van der Waals surface area (Å²) in [5.41, 5.74) is 0. The molecule has 7 heteroatoms. The van der Waals surface area contributed by atoms with Gasteiger partial charge in [-0.15, -0.1) is 25.2 Å². The third kappa shape index (κ3) is 11.1. The van der Waals surface area contributed by atoms with Crippen molar-refractivity contribution in [2.75, 3.05) is 25.4 Å². The summed E-state index contributed by atoms with van der Waals surface area (Å²) >= 11 is -0.346. The zero-order chi connectivity index (χ0) is 28.5. The van der Waals surface area contributed by atoms with Crippen molar-refractivity contribution in [3.8, 4) is 0 Å². The Hall–Kier alpha value is -1.14. The summed E-state index contributed by atoms with van der Waals surface area (Å²) in [6.45, 7) is 2.15. The van der Waals surface area contributed by atoms with Gasteiger partial charge in [-0.1, -0.05) is 98.5 Å². The van der Waals surface area contributed by atoms with Crippen molar-refractivity contribution in [2.24, 2.45) is 0 Å². The molecule has 4 aromatic carbocycles. The second-order valence-corrected chi connectivity index (χ2v) is 18.0. The molecule has 216 valence electrons. The van der Waals surface area contributed by atoms with E-state index in [4.69, 9.17) is 30.0 Å². The maximum atomic E-state index is 4.85. The summed E-state index contributed by atoms with van der Waals surface area (Å²) in [7, 11) is 8.35.